The molecule has 0 N–H and O–H groups in total. The summed E-state index contributed by atoms with van der Waals surface area (Å²) in [5.41, 5.74) is 0. The van der Waals surface area contributed by atoms with Crippen LogP contribution in [0.3, 0.4) is 0 Å². The first-order valence-corrected chi connectivity index (χ1v) is 6.52. The van der Waals surface area contributed by atoms with Crippen LogP contribution in [0, 0.1) is 6.92 Å². The van der Waals surface area contributed by atoms with Gasteiger partial charge in [-0.15, -0.1) is 0 Å². The fourth-order valence-electron chi connectivity index (χ4n) is 1.16. The number of hydrogen-bond acceptors (Lipinski definition) is 0. The summed E-state index contributed by atoms with van der Waals surface area (Å²) in [6.07, 6.45) is 26.5. The Morgan fingerprint density at radius 2 is 1.18 bits per heavy atom. The quantitative estimate of drug-likeness (QED) is 0.358. The minimum atomic E-state index is 1.02. The van der Waals surface area contributed by atoms with Gasteiger partial charge in [0.15, 0.2) is 0 Å². The number of unbranched alkanes of at least 4 members (excludes halogenated alkanes) is 3. The summed E-state index contributed by atoms with van der Waals surface area (Å²) in [7, 11) is 0. The van der Waals surface area contributed by atoms with Crippen molar-refractivity contribution in [2.45, 2.75) is 39.0 Å². The summed E-state index contributed by atoms with van der Waals surface area (Å²) < 4.78 is 0. The van der Waals surface area contributed by atoms with Crippen LogP contribution in [0.25, 0.3) is 0 Å². The standard InChI is InChI=1S/C17H25/c1-3-5-7-9-11-13-15-17-16-14-12-10-8-6-4-2/h8-17H,1,3-7H2,2H3. The SMILES string of the molecule is [CH2]CCCC=CC=CC=CC=CC=CCCC. The van der Waals surface area contributed by atoms with Crippen LogP contribution in [0.15, 0.2) is 60.8 Å². The molecule has 0 aliphatic rings. The summed E-state index contributed by atoms with van der Waals surface area (Å²) in [5, 5.41) is 0. The predicted molar refractivity (Wildman–Crippen MR) is 79.8 cm³/mol. The molecule has 93 valence electrons. The molecular formula is C17H25. The van der Waals surface area contributed by atoms with E-state index in [1.807, 2.05) is 24.3 Å². The molecule has 0 saturated carbocycles. The van der Waals surface area contributed by atoms with Crippen LogP contribution in [-0.4, -0.2) is 0 Å². The zero-order valence-corrected chi connectivity index (χ0v) is 11.0. The van der Waals surface area contributed by atoms with Gasteiger partial charge < -0.3 is 0 Å². The Labute approximate surface area is 107 Å². The third-order valence-electron chi connectivity index (χ3n) is 2.13. The molecule has 0 spiro atoms. The van der Waals surface area contributed by atoms with E-state index in [0.717, 1.165) is 19.3 Å². The Balaban J connectivity index is 3.58. The molecular weight excluding hydrogens is 204 g/mol. The monoisotopic (exact) mass is 229 g/mol. The second kappa shape index (κ2) is 14.7. The Hall–Kier alpha value is -1.30. The van der Waals surface area contributed by atoms with Crippen molar-refractivity contribution in [1.82, 2.24) is 0 Å². The van der Waals surface area contributed by atoms with Gasteiger partial charge in [0, 0.05) is 0 Å². The molecule has 0 aromatic rings. The van der Waals surface area contributed by atoms with Crippen molar-refractivity contribution in [1.29, 1.82) is 0 Å². The zero-order chi connectivity index (χ0) is 12.6. The Kier molecular flexibility index (Phi) is 13.6. The number of rotatable bonds is 9. The van der Waals surface area contributed by atoms with Crippen LogP contribution in [0.4, 0.5) is 0 Å². The summed E-state index contributed by atoms with van der Waals surface area (Å²) in [6, 6.07) is 0. The lowest BCUT2D eigenvalue weighted by atomic mass is 10.2. The fraction of sp³-hybridized carbons (Fsp3) is 0.353. The average molecular weight is 229 g/mol. The van der Waals surface area contributed by atoms with Gasteiger partial charge in [-0.3, -0.25) is 0 Å². The Morgan fingerprint density at radius 3 is 1.65 bits per heavy atom. The molecule has 0 saturated heterocycles. The van der Waals surface area contributed by atoms with Gasteiger partial charge in [0.2, 0.25) is 0 Å². The van der Waals surface area contributed by atoms with Crippen LogP contribution in [0.2, 0.25) is 0 Å². The van der Waals surface area contributed by atoms with Gasteiger partial charge >= 0.3 is 0 Å². The maximum absolute atomic E-state index is 3.80. The highest BCUT2D eigenvalue weighted by molar-refractivity contribution is 5.17. The summed E-state index contributed by atoms with van der Waals surface area (Å²) >= 11 is 0. The lowest BCUT2D eigenvalue weighted by Crippen LogP contribution is -1.65. The highest BCUT2D eigenvalue weighted by Crippen LogP contribution is 1.94. The molecule has 0 rings (SSSR count). The normalized spacial score (nSPS) is 13.3. The van der Waals surface area contributed by atoms with E-state index in [4.69, 9.17) is 0 Å². The highest BCUT2D eigenvalue weighted by atomic mass is 13.8. The topological polar surface area (TPSA) is 0 Å². The van der Waals surface area contributed by atoms with Gasteiger partial charge in [0.1, 0.15) is 0 Å². The summed E-state index contributed by atoms with van der Waals surface area (Å²) in [6.45, 7) is 5.99. The van der Waals surface area contributed by atoms with E-state index in [0.29, 0.717) is 0 Å². The molecule has 0 atom stereocenters. The second-order valence-corrected chi connectivity index (χ2v) is 3.80. The lowest BCUT2D eigenvalue weighted by molar-refractivity contribution is 0.866. The van der Waals surface area contributed by atoms with Gasteiger partial charge in [0.05, 0.1) is 0 Å². The molecule has 17 heavy (non-hydrogen) atoms. The molecule has 0 aliphatic carbocycles. The van der Waals surface area contributed by atoms with E-state index in [1.165, 1.54) is 12.8 Å². The van der Waals surface area contributed by atoms with Gasteiger partial charge in [-0.2, -0.15) is 0 Å². The molecule has 0 unspecified atom stereocenters. The molecule has 0 nitrogen and oxygen atoms in total. The predicted octanol–water partition coefficient (Wildman–Crippen LogP) is 5.57. The minimum Gasteiger partial charge on any atom is -0.0845 e. The molecule has 0 aromatic carbocycles. The summed E-state index contributed by atoms with van der Waals surface area (Å²) in [5.74, 6) is 0. The largest absolute Gasteiger partial charge is 0.0845 e. The molecule has 0 heterocycles. The first-order chi connectivity index (χ1) is 8.41. The first kappa shape index (κ1) is 15.7. The van der Waals surface area contributed by atoms with Crippen molar-refractivity contribution in [3.8, 4) is 0 Å². The maximum Gasteiger partial charge on any atom is -0.0348 e. The Bertz CT molecular complexity index is 274. The second-order valence-electron chi connectivity index (χ2n) is 3.80. The van der Waals surface area contributed by atoms with Crippen molar-refractivity contribution in [2.75, 3.05) is 0 Å². The van der Waals surface area contributed by atoms with Crippen LogP contribution < -0.4 is 0 Å². The van der Waals surface area contributed by atoms with Crippen molar-refractivity contribution < 1.29 is 0 Å². The first-order valence-electron chi connectivity index (χ1n) is 6.52. The highest BCUT2D eigenvalue weighted by Gasteiger charge is 1.74. The smallest absolute Gasteiger partial charge is 0.0348 e. The van der Waals surface area contributed by atoms with Crippen LogP contribution in [-0.2, 0) is 0 Å². The van der Waals surface area contributed by atoms with Crippen LogP contribution in [0.1, 0.15) is 39.0 Å². The molecule has 0 bridgehead atoms. The Morgan fingerprint density at radius 1 is 0.706 bits per heavy atom. The molecule has 1 radical (unpaired) electrons. The van der Waals surface area contributed by atoms with E-state index < -0.39 is 0 Å². The van der Waals surface area contributed by atoms with Crippen molar-refractivity contribution in [3.63, 3.8) is 0 Å². The molecule has 0 fully saturated rings. The summed E-state index contributed by atoms with van der Waals surface area (Å²) in [4.78, 5) is 0. The number of hydrogen-bond donors (Lipinski definition) is 0. The number of allylic oxidation sites excluding steroid dienone is 10. The van der Waals surface area contributed by atoms with E-state index >= 15 is 0 Å². The van der Waals surface area contributed by atoms with Crippen LogP contribution >= 0.6 is 0 Å². The van der Waals surface area contributed by atoms with Gasteiger partial charge in [-0.1, -0.05) is 87.4 Å². The van der Waals surface area contributed by atoms with E-state index in [1.54, 1.807) is 0 Å². The fourth-order valence-corrected chi connectivity index (χ4v) is 1.16. The molecule has 0 amide bonds. The van der Waals surface area contributed by atoms with Gasteiger partial charge in [-0.25, -0.2) is 0 Å². The van der Waals surface area contributed by atoms with Crippen molar-refractivity contribution in [2.24, 2.45) is 0 Å². The molecule has 0 aromatic heterocycles. The molecule has 0 heteroatoms. The van der Waals surface area contributed by atoms with Gasteiger partial charge in [0.25, 0.3) is 0 Å². The third-order valence-corrected chi connectivity index (χ3v) is 2.13. The maximum atomic E-state index is 3.80. The van der Waals surface area contributed by atoms with Crippen molar-refractivity contribution >= 4 is 0 Å². The van der Waals surface area contributed by atoms with E-state index in [2.05, 4.69) is 50.3 Å². The third kappa shape index (κ3) is 14.7. The van der Waals surface area contributed by atoms with E-state index in [9.17, 15) is 0 Å². The zero-order valence-electron chi connectivity index (χ0n) is 11.0. The van der Waals surface area contributed by atoms with Gasteiger partial charge in [-0.05, 0) is 19.3 Å². The van der Waals surface area contributed by atoms with Crippen molar-refractivity contribution in [3.05, 3.63) is 67.7 Å². The minimum absolute atomic E-state index is 1.02. The van der Waals surface area contributed by atoms with E-state index in [-0.39, 0.29) is 0 Å². The lowest BCUT2D eigenvalue weighted by Gasteiger charge is -1.84. The molecule has 0 aliphatic heterocycles. The average Bonchev–Trinajstić information content (AvgIpc) is 2.35. The van der Waals surface area contributed by atoms with Crippen LogP contribution in [0.5, 0.6) is 0 Å².